The molecule has 5 nitrogen and oxygen atoms in total. The highest BCUT2D eigenvalue weighted by Gasteiger charge is 2.10. The van der Waals surface area contributed by atoms with E-state index in [0.29, 0.717) is 11.4 Å². The summed E-state index contributed by atoms with van der Waals surface area (Å²) in [5.41, 5.74) is 10.4. The molecule has 5 heteroatoms. The van der Waals surface area contributed by atoms with E-state index in [1.54, 1.807) is 31.2 Å². The van der Waals surface area contributed by atoms with E-state index in [0.717, 1.165) is 10.9 Å². The number of nitrogens with one attached hydrogen (secondary N) is 2. The molecule has 0 fully saturated rings. The maximum atomic E-state index is 11.7. The van der Waals surface area contributed by atoms with Crippen molar-refractivity contribution in [1.29, 1.82) is 0 Å². The van der Waals surface area contributed by atoms with Gasteiger partial charge in [-0.25, -0.2) is 5.01 Å². The molecule has 0 spiro atoms. The number of nitrogen functional groups attached to an aromatic ring is 1. The highest BCUT2D eigenvalue weighted by atomic mass is 16.2. The molecule has 0 unspecified atom stereocenters. The maximum Gasteiger partial charge on any atom is 0.281 e. The van der Waals surface area contributed by atoms with Gasteiger partial charge in [0.15, 0.2) is 0 Å². The Balaban J connectivity index is 2.40. The molecule has 4 N–H and O–H groups in total. The van der Waals surface area contributed by atoms with Crippen LogP contribution in [0.25, 0.3) is 10.9 Å². The van der Waals surface area contributed by atoms with Crippen LogP contribution in [0.1, 0.15) is 10.5 Å². The molecule has 0 saturated heterocycles. The number of nitrogens with zero attached hydrogens (tertiary/aromatic N) is 1. The van der Waals surface area contributed by atoms with E-state index in [1.807, 2.05) is 12.1 Å². The van der Waals surface area contributed by atoms with Crippen LogP contribution in [0.3, 0.4) is 0 Å². The molecule has 0 bridgehead atoms. The van der Waals surface area contributed by atoms with E-state index in [9.17, 15) is 4.79 Å². The Morgan fingerprint density at radius 3 is 2.81 bits per heavy atom. The number of hydrogen-bond acceptors (Lipinski definition) is 3. The minimum absolute atomic E-state index is 0.180. The number of amides is 1. The molecular weight excluding hydrogens is 204 g/mol. The predicted octanol–water partition coefficient (Wildman–Crippen LogP) is 0.956. The number of nitrogens with two attached hydrogens (primary N) is 1. The number of aromatic nitrogens is 1. The number of carbonyl (C=O) groups excluding carboxylic acids is 1. The summed E-state index contributed by atoms with van der Waals surface area (Å²) >= 11 is 0. The van der Waals surface area contributed by atoms with Crippen LogP contribution in [0, 0.1) is 0 Å². The van der Waals surface area contributed by atoms with Gasteiger partial charge in [-0.15, -0.1) is 0 Å². The smallest absolute Gasteiger partial charge is 0.281 e. The van der Waals surface area contributed by atoms with Crippen LogP contribution in [-0.2, 0) is 0 Å². The van der Waals surface area contributed by atoms with Crippen LogP contribution in [0.5, 0.6) is 0 Å². The fourth-order valence-electron chi connectivity index (χ4n) is 1.57. The molecule has 2 rings (SSSR count). The summed E-state index contributed by atoms with van der Waals surface area (Å²) in [5, 5.41) is 2.53. The van der Waals surface area contributed by atoms with E-state index in [1.165, 1.54) is 0 Å². The monoisotopic (exact) mass is 218 g/mol. The number of para-hydroxylation sites is 1. The van der Waals surface area contributed by atoms with Crippen LogP contribution in [0.2, 0.25) is 0 Å². The Morgan fingerprint density at radius 2 is 2.19 bits per heavy atom. The van der Waals surface area contributed by atoms with Crippen molar-refractivity contribution in [3.05, 3.63) is 30.0 Å². The fraction of sp³-hybridized carbons (Fsp3) is 0.182. The number of carbonyl (C=O) groups is 1. The molecule has 0 atom stereocenters. The normalized spacial score (nSPS) is 10.9. The Hall–Kier alpha value is -2.01. The van der Waals surface area contributed by atoms with Crippen LogP contribution in [0.4, 0.5) is 5.69 Å². The maximum absolute atomic E-state index is 11.7. The van der Waals surface area contributed by atoms with Gasteiger partial charge in [0.25, 0.3) is 5.91 Å². The standard InChI is InChI=1S/C11H14N4O/c1-15(2)14-11(16)9-6-7-4-3-5-8(12)10(7)13-9/h3-6,13H,12H2,1-2H3,(H,14,16). The summed E-state index contributed by atoms with van der Waals surface area (Å²) < 4.78 is 0. The van der Waals surface area contributed by atoms with Gasteiger partial charge >= 0.3 is 0 Å². The van der Waals surface area contributed by atoms with Gasteiger partial charge in [-0.2, -0.15) is 0 Å². The lowest BCUT2D eigenvalue weighted by atomic mass is 10.2. The summed E-state index contributed by atoms with van der Waals surface area (Å²) in [6.45, 7) is 0. The average Bonchev–Trinajstić information content (AvgIpc) is 2.61. The lowest BCUT2D eigenvalue weighted by Gasteiger charge is -2.10. The molecule has 0 aliphatic heterocycles. The first kappa shape index (κ1) is 10.5. The van der Waals surface area contributed by atoms with Crippen molar-refractivity contribution in [2.24, 2.45) is 0 Å². The zero-order valence-corrected chi connectivity index (χ0v) is 9.24. The topological polar surface area (TPSA) is 74.2 Å². The van der Waals surface area contributed by atoms with Gasteiger partial charge in [0.05, 0.1) is 11.2 Å². The first-order chi connectivity index (χ1) is 7.58. The van der Waals surface area contributed by atoms with Gasteiger partial charge in [-0.05, 0) is 12.1 Å². The second-order valence-electron chi connectivity index (χ2n) is 3.83. The number of rotatable bonds is 2. The third-order valence-electron chi connectivity index (χ3n) is 2.26. The third-order valence-corrected chi connectivity index (χ3v) is 2.26. The number of hydrazine groups is 1. The molecule has 0 radical (unpaired) electrons. The lowest BCUT2D eigenvalue weighted by Crippen LogP contribution is -2.36. The Kier molecular flexibility index (Phi) is 2.54. The van der Waals surface area contributed by atoms with E-state index in [4.69, 9.17) is 5.73 Å². The van der Waals surface area contributed by atoms with E-state index in [-0.39, 0.29) is 5.91 Å². The minimum Gasteiger partial charge on any atom is -0.397 e. The Morgan fingerprint density at radius 1 is 1.44 bits per heavy atom. The van der Waals surface area contributed by atoms with Crippen molar-refractivity contribution in [1.82, 2.24) is 15.4 Å². The zero-order valence-electron chi connectivity index (χ0n) is 9.24. The molecule has 2 aromatic rings. The highest BCUT2D eigenvalue weighted by Crippen LogP contribution is 2.20. The average molecular weight is 218 g/mol. The molecular formula is C11H14N4O. The number of hydrogen-bond donors (Lipinski definition) is 3. The fourth-order valence-corrected chi connectivity index (χ4v) is 1.57. The largest absolute Gasteiger partial charge is 0.397 e. The number of anilines is 1. The van der Waals surface area contributed by atoms with Gasteiger partial charge in [-0.1, -0.05) is 12.1 Å². The summed E-state index contributed by atoms with van der Waals surface area (Å²) in [7, 11) is 3.52. The van der Waals surface area contributed by atoms with Gasteiger partial charge < -0.3 is 10.7 Å². The predicted molar refractivity (Wildman–Crippen MR) is 63.9 cm³/mol. The van der Waals surface area contributed by atoms with Gasteiger partial charge in [0.1, 0.15) is 5.69 Å². The molecule has 1 aromatic heterocycles. The molecule has 84 valence electrons. The molecule has 0 aliphatic carbocycles. The number of H-pyrrole nitrogens is 1. The second kappa shape index (κ2) is 3.86. The van der Waals surface area contributed by atoms with Crippen molar-refractivity contribution in [3.63, 3.8) is 0 Å². The summed E-state index contributed by atoms with van der Waals surface area (Å²) in [4.78, 5) is 14.7. The van der Waals surface area contributed by atoms with Gasteiger partial charge in [0, 0.05) is 19.5 Å². The SMILES string of the molecule is CN(C)NC(=O)c1cc2cccc(N)c2[nH]1. The molecule has 0 saturated carbocycles. The number of fused-ring (bicyclic) bond motifs is 1. The van der Waals surface area contributed by atoms with Crippen LogP contribution >= 0.6 is 0 Å². The second-order valence-corrected chi connectivity index (χ2v) is 3.83. The minimum atomic E-state index is -0.180. The van der Waals surface area contributed by atoms with Crippen molar-refractivity contribution < 1.29 is 4.79 Å². The Bertz CT molecular complexity index is 530. The van der Waals surface area contributed by atoms with Crippen molar-refractivity contribution in [2.45, 2.75) is 0 Å². The molecule has 1 amide bonds. The summed E-state index contributed by atoms with van der Waals surface area (Å²) in [6.07, 6.45) is 0. The molecule has 1 heterocycles. The third kappa shape index (κ3) is 1.85. The summed E-state index contributed by atoms with van der Waals surface area (Å²) in [6, 6.07) is 7.35. The van der Waals surface area contributed by atoms with Crippen LogP contribution in [0.15, 0.2) is 24.3 Å². The zero-order chi connectivity index (χ0) is 11.7. The number of aromatic amines is 1. The molecule has 16 heavy (non-hydrogen) atoms. The quantitative estimate of drug-likeness (QED) is 0.519. The van der Waals surface area contributed by atoms with Crippen molar-refractivity contribution >= 4 is 22.5 Å². The Labute approximate surface area is 93.2 Å². The van der Waals surface area contributed by atoms with Gasteiger partial charge in [-0.3, -0.25) is 10.2 Å². The lowest BCUT2D eigenvalue weighted by molar-refractivity contribution is 0.0852. The van der Waals surface area contributed by atoms with E-state index >= 15 is 0 Å². The molecule has 0 aliphatic rings. The van der Waals surface area contributed by atoms with E-state index in [2.05, 4.69) is 10.4 Å². The van der Waals surface area contributed by atoms with Crippen LogP contribution in [-0.4, -0.2) is 30.0 Å². The first-order valence-corrected chi connectivity index (χ1v) is 4.93. The van der Waals surface area contributed by atoms with Crippen molar-refractivity contribution in [3.8, 4) is 0 Å². The van der Waals surface area contributed by atoms with Crippen molar-refractivity contribution in [2.75, 3.05) is 19.8 Å². The first-order valence-electron chi connectivity index (χ1n) is 4.93. The van der Waals surface area contributed by atoms with Gasteiger partial charge in [0.2, 0.25) is 0 Å². The summed E-state index contributed by atoms with van der Waals surface area (Å²) in [5.74, 6) is -0.180. The molecule has 1 aromatic carbocycles. The highest BCUT2D eigenvalue weighted by molar-refractivity contribution is 6.00. The van der Waals surface area contributed by atoms with E-state index < -0.39 is 0 Å². The number of benzene rings is 1. The van der Waals surface area contributed by atoms with Crippen LogP contribution < -0.4 is 11.2 Å².